The van der Waals surface area contributed by atoms with Crippen LogP contribution >= 0.6 is 11.3 Å². The van der Waals surface area contributed by atoms with Crippen molar-refractivity contribution >= 4 is 33.5 Å². The van der Waals surface area contributed by atoms with Gasteiger partial charge < -0.3 is 10.0 Å². The largest absolute Gasteiger partial charge is 0.480 e. The Hall–Kier alpha value is -1.70. The molecule has 2 saturated heterocycles. The van der Waals surface area contributed by atoms with Gasteiger partial charge in [-0.05, 0) is 19.3 Å². The number of aromatic nitrogens is 2. The number of carbonyl (C=O) groups excluding carboxylic acids is 1. The first-order valence-corrected chi connectivity index (χ1v) is 7.12. The highest BCUT2D eigenvalue weighted by Gasteiger charge is 2.34. The Balaban J connectivity index is 1.81. The van der Waals surface area contributed by atoms with Crippen molar-refractivity contribution in [3.05, 3.63) is 0 Å². The fourth-order valence-corrected chi connectivity index (χ4v) is 3.50. The molecule has 0 aromatic carbocycles. The maximum atomic E-state index is 11.6. The van der Waals surface area contributed by atoms with Gasteiger partial charge in [-0.25, -0.2) is 4.79 Å². The fourth-order valence-electron chi connectivity index (χ4n) is 2.54. The molecule has 1 N–H and O–H groups in total. The average Bonchev–Trinajstić information content (AvgIpc) is 3.06. The number of nitrogens with zero attached hydrogens (tertiary/aromatic N) is 4. The number of rotatable bonds is 3. The first-order chi connectivity index (χ1) is 9.16. The summed E-state index contributed by atoms with van der Waals surface area (Å²) in [6.45, 7) is 1.36. The summed E-state index contributed by atoms with van der Waals surface area (Å²) < 4.78 is 0. The third-order valence-electron chi connectivity index (χ3n) is 3.49. The van der Waals surface area contributed by atoms with E-state index in [-0.39, 0.29) is 5.91 Å². The number of aliphatic carboxylic acids is 1. The number of amides is 1. The van der Waals surface area contributed by atoms with E-state index in [1.807, 2.05) is 0 Å². The number of carboxylic acids is 1. The lowest BCUT2D eigenvalue weighted by Crippen LogP contribution is -2.35. The molecule has 0 aliphatic carbocycles. The summed E-state index contributed by atoms with van der Waals surface area (Å²) in [5.74, 6) is -0.759. The predicted molar refractivity (Wildman–Crippen MR) is 69.5 cm³/mol. The summed E-state index contributed by atoms with van der Waals surface area (Å²) in [6, 6.07) is -0.518. The minimum absolute atomic E-state index is 0.0684. The third-order valence-corrected chi connectivity index (χ3v) is 4.47. The van der Waals surface area contributed by atoms with E-state index in [1.165, 1.54) is 11.3 Å². The van der Waals surface area contributed by atoms with Crippen LogP contribution in [0.3, 0.4) is 0 Å². The quantitative estimate of drug-likeness (QED) is 0.879. The molecule has 7 nitrogen and oxygen atoms in total. The van der Waals surface area contributed by atoms with Crippen LogP contribution < -0.4 is 9.80 Å². The van der Waals surface area contributed by atoms with E-state index in [0.29, 0.717) is 36.2 Å². The van der Waals surface area contributed by atoms with Gasteiger partial charge in [0.05, 0.1) is 0 Å². The number of carboxylic acid groups (broad SMARTS) is 1. The van der Waals surface area contributed by atoms with Crippen LogP contribution in [-0.4, -0.2) is 46.3 Å². The van der Waals surface area contributed by atoms with Gasteiger partial charge in [0, 0.05) is 19.5 Å². The maximum absolute atomic E-state index is 11.6. The van der Waals surface area contributed by atoms with Crippen molar-refractivity contribution in [3.8, 4) is 0 Å². The van der Waals surface area contributed by atoms with Crippen LogP contribution in [0.15, 0.2) is 0 Å². The molecule has 1 aromatic heterocycles. The molecular formula is C11H14N4O3S. The molecule has 2 fully saturated rings. The zero-order valence-corrected chi connectivity index (χ0v) is 11.1. The average molecular weight is 282 g/mol. The van der Waals surface area contributed by atoms with Crippen LogP contribution in [0.5, 0.6) is 0 Å². The van der Waals surface area contributed by atoms with Crippen molar-refractivity contribution < 1.29 is 14.7 Å². The number of anilines is 2. The van der Waals surface area contributed by atoms with Crippen molar-refractivity contribution in [1.82, 2.24) is 10.2 Å². The van der Waals surface area contributed by atoms with Crippen LogP contribution in [0, 0.1) is 0 Å². The number of hydrogen-bond donors (Lipinski definition) is 1. The Bertz CT molecular complexity index is 518. The minimum Gasteiger partial charge on any atom is -0.480 e. The molecule has 0 unspecified atom stereocenters. The second-order valence-corrected chi connectivity index (χ2v) is 5.64. The van der Waals surface area contributed by atoms with Crippen molar-refractivity contribution in [2.75, 3.05) is 22.9 Å². The lowest BCUT2D eigenvalue weighted by atomic mass is 10.2. The molecule has 102 valence electrons. The van der Waals surface area contributed by atoms with Crippen LogP contribution in [0.2, 0.25) is 0 Å². The van der Waals surface area contributed by atoms with Crippen molar-refractivity contribution in [1.29, 1.82) is 0 Å². The Morgan fingerprint density at radius 3 is 2.74 bits per heavy atom. The van der Waals surface area contributed by atoms with Crippen molar-refractivity contribution in [3.63, 3.8) is 0 Å². The van der Waals surface area contributed by atoms with Gasteiger partial charge in [-0.1, -0.05) is 11.3 Å². The number of carbonyl (C=O) groups is 2. The highest BCUT2D eigenvalue weighted by molar-refractivity contribution is 7.19. The second kappa shape index (κ2) is 4.76. The van der Waals surface area contributed by atoms with E-state index in [9.17, 15) is 9.59 Å². The molecule has 0 saturated carbocycles. The van der Waals surface area contributed by atoms with Gasteiger partial charge in [0.25, 0.3) is 0 Å². The second-order valence-electron chi connectivity index (χ2n) is 4.71. The van der Waals surface area contributed by atoms with Crippen molar-refractivity contribution in [2.45, 2.75) is 31.7 Å². The van der Waals surface area contributed by atoms with Gasteiger partial charge in [-0.2, -0.15) is 0 Å². The number of hydrogen-bond acceptors (Lipinski definition) is 6. The summed E-state index contributed by atoms with van der Waals surface area (Å²) >= 11 is 1.30. The Labute approximate surface area is 113 Å². The van der Waals surface area contributed by atoms with E-state index in [4.69, 9.17) is 5.11 Å². The first-order valence-electron chi connectivity index (χ1n) is 6.30. The molecule has 19 heavy (non-hydrogen) atoms. The van der Waals surface area contributed by atoms with Gasteiger partial charge in [0.2, 0.25) is 16.2 Å². The summed E-state index contributed by atoms with van der Waals surface area (Å²) in [5, 5.41) is 18.4. The Kier molecular flexibility index (Phi) is 3.09. The van der Waals surface area contributed by atoms with Crippen LogP contribution in [0.25, 0.3) is 0 Å². The monoisotopic (exact) mass is 282 g/mol. The van der Waals surface area contributed by atoms with Gasteiger partial charge in [0.15, 0.2) is 0 Å². The molecule has 0 bridgehead atoms. The molecule has 1 aromatic rings. The molecule has 8 heteroatoms. The van der Waals surface area contributed by atoms with Crippen LogP contribution in [-0.2, 0) is 9.59 Å². The van der Waals surface area contributed by atoms with E-state index >= 15 is 0 Å². The van der Waals surface area contributed by atoms with Gasteiger partial charge in [0.1, 0.15) is 6.04 Å². The van der Waals surface area contributed by atoms with Gasteiger partial charge >= 0.3 is 5.97 Å². The SMILES string of the molecule is O=C(O)[C@H]1CCCN1c1nnc(N2CCCC2=O)s1. The lowest BCUT2D eigenvalue weighted by molar-refractivity contribution is -0.138. The predicted octanol–water partition coefficient (Wildman–Crippen LogP) is 0.718. The molecule has 1 amide bonds. The Morgan fingerprint density at radius 2 is 2.05 bits per heavy atom. The van der Waals surface area contributed by atoms with Crippen molar-refractivity contribution in [2.24, 2.45) is 0 Å². The topological polar surface area (TPSA) is 86.6 Å². The first kappa shape index (κ1) is 12.3. The fraction of sp³-hybridized carbons (Fsp3) is 0.636. The zero-order valence-electron chi connectivity index (χ0n) is 10.3. The Morgan fingerprint density at radius 1 is 1.26 bits per heavy atom. The molecular weight excluding hydrogens is 268 g/mol. The summed E-state index contributed by atoms with van der Waals surface area (Å²) in [4.78, 5) is 26.2. The smallest absolute Gasteiger partial charge is 0.326 e. The van der Waals surface area contributed by atoms with E-state index in [2.05, 4.69) is 10.2 Å². The molecule has 2 aliphatic heterocycles. The highest BCUT2D eigenvalue weighted by Crippen LogP contribution is 2.33. The molecule has 2 aliphatic rings. The molecule has 3 heterocycles. The summed E-state index contributed by atoms with van der Waals surface area (Å²) in [5.41, 5.74) is 0. The van der Waals surface area contributed by atoms with E-state index in [1.54, 1.807) is 9.80 Å². The van der Waals surface area contributed by atoms with E-state index < -0.39 is 12.0 Å². The summed E-state index contributed by atoms with van der Waals surface area (Å²) in [7, 11) is 0. The summed E-state index contributed by atoms with van der Waals surface area (Å²) in [6.07, 6.45) is 2.87. The van der Waals surface area contributed by atoms with Crippen LogP contribution in [0.1, 0.15) is 25.7 Å². The molecule has 1 atom stereocenters. The normalized spacial score (nSPS) is 23.4. The molecule has 0 spiro atoms. The van der Waals surface area contributed by atoms with E-state index in [0.717, 1.165) is 12.8 Å². The molecule has 3 rings (SSSR count). The highest BCUT2D eigenvalue weighted by atomic mass is 32.1. The standard InChI is InChI=1S/C11H14N4O3S/c16-8-4-2-6-15(8)11-13-12-10(19-11)14-5-1-3-7(14)9(17)18/h7H,1-6H2,(H,17,18)/t7-/m1/s1. The lowest BCUT2D eigenvalue weighted by Gasteiger charge is -2.19. The van der Waals surface area contributed by atoms with Crippen LogP contribution in [0.4, 0.5) is 10.3 Å². The minimum atomic E-state index is -0.827. The van der Waals surface area contributed by atoms with Gasteiger partial charge in [-0.15, -0.1) is 10.2 Å². The zero-order chi connectivity index (χ0) is 13.4. The third kappa shape index (κ3) is 2.16. The molecule has 0 radical (unpaired) electrons. The maximum Gasteiger partial charge on any atom is 0.326 e. The van der Waals surface area contributed by atoms with Gasteiger partial charge in [-0.3, -0.25) is 9.69 Å².